The molecule has 7 heteroatoms. The van der Waals surface area contributed by atoms with Gasteiger partial charge in [-0.2, -0.15) is 0 Å². The molecule has 1 unspecified atom stereocenters. The highest BCUT2D eigenvalue weighted by Crippen LogP contribution is 2.19. The van der Waals surface area contributed by atoms with E-state index < -0.39 is 5.60 Å². The van der Waals surface area contributed by atoms with Gasteiger partial charge in [-0.25, -0.2) is 4.79 Å². The van der Waals surface area contributed by atoms with Crippen molar-refractivity contribution in [3.63, 3.8) is 0 Å². The van der Waals surface area contributed by atoms with Crippen LogP contribution in [-0.2, 0) is 16.1 Å². The fourth-order valence-electron chi connectivity index (χ4n) is 4.35. The van der Waals surface area contributed by atoms with Gasteiger partial charge in [0.05, 0.1) is 5.92 Å². The van der Waals surface area contributed by atoms with Gasteiger partial charge in [0, 0.05) is 52.4 Å². The first-order valence-electron chi connectivity index (χ1n) is 12.0. The Balaban J connectivity index is 1.29. The lowest BCUT2D eigenvalue weighted by Crippen LogP contribution is -2.48. The van der Waals surface area contributed by atoms with Gasteiger partial charge in [-0.1, -0.05) is 30.3 Å². The molecule has 0 saturated carbocycles. The van der Waals surface area contributed by atoms with Crippen LogP contribution in [0.4, 0.5) is 4.79 Å². The van der Waals surface area contributed by atoms with Crippen LogP contribution < -0.4 is 5.32 Å². The number of hydrogen-bond acceptors (Lipinski definition) is 5. The molecule has 3 rings (SSSR count). The molecule has 32 heavy (non-hydrogen) atoms. The van der Waals surface area contributed by atoms with Gasteiger partial charge in [-0.05, 0) is 52.1 Å². The summed E-state index contributed by atoms with van der Waals surface area (Å²) in [6.45, 7) is 13.7. The number of amides is 2. The number of carbonyl (C=O) groups is 2. The number of piperidine rings is 1. The Bertz CT molecular complexity index is 726. The maximum Gasteiger partial charge on any atom is 0.410 e. The minimum atomic E-state index is -0.515. The molecule has 0 aromatic heterocycles. The number of nitrogens with one attached hydrogen (secondary N) is 1. The maximum atomic E-state index is 12.6. The SMILES string of the molecule is CC(C)(C)OC(=O)N1CCCC(C(=O)NCCCN2CCN(Cc3ccccc3)CC2)C1. The molecule has 2 heterocycles. The third-order valence-corrected chi connectivity index (χ3v) is 6.11. The van der Waals surface area contributed by atoms with E-state index >= 15 is 0 Å². The maximum absolute atomic E-state index is 12.6. The van der Waals surface area contributed by atoms with E-state index in [1.807, 2.05) is 20.8 Å². The first-order chi connectivity index (χ1) is 15.3. The van der Waals surface area contributed by atoms with Gasteiger partial charge >= 0.3 is 6.09 Å². The molecule has 1 N–H and O–H groups in total. The number of benzene rings is 1. The zero-order chi connectivity index (χ0) is 23.0. The number of likely N-dealkylation sites (tertiary alicyclic amines) is 1. The van der Waals surface area contributed by atoms with Gasteiger partial charge < -0.3 is 19.9 Å². The van der Waals surface area contributed by atoms with Crippen LogP contribution in [0.25, 0.3) is 0 Å². The van der Waals surface area contributed by atoms with Crippen molar-refractivity contribution in [2.45, 2.75) is 52.2 Å². The summed E-state index contributed by atoms with van der Waals surface area (Å²) in [5, 5.41) is 3.09. The van der Waals surface area contributed by atoms with Crippen LogP contribution >= 0.6 is 0 Å². The molecule has 2 aliphatic rings. The summed E-state index contributed by atoms with van der Waals surface area (Å²) in [7, 11) is 0. The molecule has 2 aliphatic heterocycles. The van der Waals surface area contributed by atoms with E-state index in [1.165, 1.54) is 5.56 Å². The third-order valence-electron chi connectivity index (χ3n) is 6.11. The van der Waals surface area contributed by atoms with Crippen molar-refractivity contribution in [3.05, 3.63) is 35.9 Å². The minimum absolute atomic E-state index is 0.0611. The van der Waals surface area contributed by atoms with E-state index in [0.29, 0.717) is 19.6 Å². The van der Waals surface area contributed by atoms with Gasteiger partial charge in [-0.15, -0.1) is 0 Å². The molecular formula is C25H40N4O3. The third kappa shape index (κ3) is 8.10. The fraction of sp³-hybridized carbons (Fsp3) is 0.680. The van der Waals surface area contributed by atoms with Crippen molar-refractivity contribution in [2.24, 2.45) is 5.92 Å². The van der Waals surface area contributed by atoms with Crippen molar-refractivity contribution in [2.75, 3.05) is 52.4 Å². The lowest BCUT2D eigenvalue weighted by Gasteiger charge is -2.35. The molecule has 7 nitrogen and oxygen atoms in total. The summed E-state index contributed by atoms with van der Waals surface area (Å²) in [6.07, 6.45) is 2.30. The number of nitrogens with zero attached hydrogens (tertiary/aromatic N) is 3. The molecule has 0 radical (unpaired) electrons. The predicted molar refractivity (Wildman–Crippen MR) is 126 cm³/mol. The summed E-state index contributed by atoms with van der Waals surface area (Å²) in [4.78, 5) is 31.6. The number of piperazine rings is 1. The Hall–Kier alpha value is -2.12. The van der Waals surface area contributed by atoms with Crippen LogP contribution in [0.2, 0.25) is 0 Å². The number of ether oxygens (including phenoxy) is 1. The standard InChI is InChI=1S/C25H40N4O3/c1-25(2,3)32-24(31)29-14-7-11-22(20-29)23(30)26-12-8-13-27-15-17-28(18-16-27)19-21-9-5-4-6-10-21/h4-6,9-10,22H,7-8,11-20H2,1-3H3,(H,26,30). The van der Waals surface area contributed by atoms with Crippen LogP contribution in [0, 0.1) is 5.92 Å². The first-order valence-corrected chi connectivity index (χ1v) is 12.0. The Morgan fingerprint density at radius 2 is 1.72 bits per heavy atom. The molecule has 2 fully saturated rings. The Morgan fingerprint density at radius 1 is 1.03 bits per heavy atom. The topological polar surface area (TPSA) is 65.1 Å². The molecule has 1 atom stereocenters. The number of hydrogen-bond donors (Lipinski definition) is 1. The van der Waals surface area contributed by atoms with E-state index in [4.69, 9.17) is 4.74 Å². The van der Waals surface area contributed by atoms with E-state index in [2.05, 4.69) is 45.4 Å². The van der Waals surface area contributed by atoms with Gasteiger partial charge in [0.15, 0.2) is 0 Å². The van der Waals surface area contributed by atoms with Crippen molar-refractivity contribution >= 4 is 12.0 Å². The Morgan fingerprint density at radius 3 is 2.41 bits per heavy atom. The first kappa shape index (κ1) is 24.5. The monoisotopic (exact) mass is 444 g/mol. The highest BCUT2D eigenvalue weighted by molar-refractivity contribution is 5.80. The van der Waals surface area contributed by atoms with Gasteiger partial charge in [-0.3, -0.25) is 9.69 Å². The second kappa shape index (κ2) is 11.7. The summed E-state index contributed by atoms with van der Waals surface area (Å²) in [5.74, 6) is -0.0799. The molecule has 178 valence electrons. The minimum Gasteiger partial charge on any atom is -0.444 e. The molecular weight excluding hydrogens is 404 g/mol. The molecule has 2 saturated heterocycles. The fourth-order valence-corrected chi connectivity index (χ4v) is 4.35. The summed E-state index contributed by atoms with van der Waals surface area (Å²) in [6, 6.07) is 10.6. The van der Waals surface area contributed by atoms with Gasteiger partial charge in [0.25, 0.3) is 0 Å². The van der Waals surface area contributed by atoms with Gasteiger partial charge in [0.1, 0.15) is 5.60 Å². The summed E-state index contributed by atoms with van der Waals surface area (Å²) in [5.41, 5.74) is 0.857. The van der Waals surface area contributed by atoms with Crippen LogP contribution in [-0.4, -0.2) is 84.7 Å². The largest absolute Gasteiger partial charge is 0.444 e. The van der Waals surface area contributed by atoms with Crippen molar-refractivity contribution in [1.82, 2.24) is 20.0 Å². The van der Waals surface area contributed by atoms with Crippen molar-refractivity contribution in [3.8, 4) is 0 Å². The Labute approximate surface area is 193 Å². The molecule has 1 aromatic carbocycles. The number of carbonyl (C=O) groups excluding carboxylic acids is 2. The van der Waals surface area contributed by atoms with Crippen molar-refractivity contribution < 1.29 is 14.3 Å². The zero-order valence-electron chi connectivity index (χ0n) is 20.0. The van der Waals surface area contributed by atoms with Crippen molar-refractivity contribution in [1.29, 1.82) is 0 Å². The summed E-state index contributed by atoms with van der Waals surface area (Å²) < 4.78 is 5.46. The molecule has 0 spiro atoms. The summed E-state index contributed by atoms with van der Waals surface area (Å²) >= 11 is 0. The normalized spacial score (nSPS) is 20.7. The van der Waals surface area contributed by atoms with E-state index in [-0.39, 0.29) is 17.9 Å². The van der Waals surface area contributed by atoms with Crippen LogP contribution in [0.5, 0.6) is 0 Å². The predicted octanol–water partition coefficient (Wildman–Crippen LogP) is 2.96. The van der Waals surface area contributed by atoms with Crippen LogP contribution in [0.15, 0.2) is 30.3 Å². The average Bonchev–Trinajstić information content (AvgIpc) is 2.77. The van der Waals surface area contributed by atoms with Gasteiger partial charge in [0.2, 0.25) is 5.91 Å². The van der Waals surface area contributed by atoms with E-state index in [0.717, 1.165) is 58.5 Å². The lowest BCUT2D eigenvalue weighted by atomic mass is 9.97. The second-order valence-electron chi connectivity index (χ2n) is 10.0. The quantitative estimate of drug-likeness (QED) is 0.655. The highest BCUT2D eigenvalue weighted by Gasteiger charge is 2.30. The van der Waals surface area contributed by atoms with E-state index in [1.54, 1.807) is 4.90 Å². The molecule has 1 aromatic rings. The number of rotatable bonds is 7. The van der Waals surface area contributed by atoms with Crippen LogP contribution in [0.1, 0.15) is 45.6 Å². The molecule has 2 amide bonds. The highest BCUT2D eigenvalue weighted by atomic mass is 16.6. The average molecular weight is 445 g/mol. The Kier molecular flexibility index (Phi) is 8.93. The lowest BCUT2D eigenvalue weighted by molar-refractivity contribution is -0.126. The molecule has 0 bridgehead atoms. The molecule has 0 aliphatic carbocycles. The zero-order valence-corrected chi connectivity index (χ0v) is 20.0. The van der Waals surface area contributed by atoms with E-state index in [9.17, 15) is 9.59 Å². The van der Waals surface area contributed by atoms with Crippen LogP contribution in [0.3, 0.4) is 0 Å². The second-order valence-corrected chi connectivity index (χ2v) is 10.0. The smallest absolute Gasteiger partial charge is 0.410 e.